The lowest BCUT2D eigenvalue weighted by molar-refractivity contribution is 0.107. The summed E-state index contributed by atoms with van der Waals surface area (Å²) in [5.74, 6) is 0.543. The molecule has 0 amide bonds. The predicted octanol–water partition coefficient (Wildman–Crippen LogP) is 0.721. The Morgan fingerprint density at radius 2 is 2.11 bits per heavy atom. The highest BCUT2D eigenvalue weighted by Gasteiger charge is 2.25. The Morgan fingerprint density at radius 1 is 1.33 bits per heavy atom. The maximum atomic E-state index is 11.8. The zero-order valence-corrected chi connectivity index (χ0v) is 12.3. The fourth-order valence-corrected chi connectivity index (χ4v) is 3.27. The van der Waals surface area contributed by atoms with Crippen LogP contribution in [-0.2, 0) is 14.8 Å². The number of nitrogens with one attached hydrogen (secondary N) is 2. The summed E-state index contributed by atoms with van der Waals surface area (Å²) in [5.41, 5.74) is 0. The SMILES string of the molecule is CCNCCCCS(=O)(=O)NCC1CCOC1C. The third kappa shape index (κ3) is 6.13. The van der Waals surface area contributed by atoms with E-state index in [9.17, 15) is 8.42 Å². The molecule has 2 unspecified atom stereocenters. The molecule has 1 rings (SSSR count). The molecule has 18 heavy (non-hydrogen) atoms. The number of hydrogen-bond donors (Lipinski definition) is 2. The first kappa shape index (κ1) is 15.9. The molecule has 0 bridgehead atoms. The van der Waals surface area contributed by atoms with Gasteiger partial charge < -0.3 is 10.1 Å². The summed E-state index contributed by atoms with van der Waals surface area (Å²) in [6.45, 7) is 7.13. The lowest BCUT2D eigenvalue weighted by Crippen LogP contribution is -2.33. The van der Waals surface area contributed by atoms with E-state index in [1.54, 1.807) is 0 Å². The maximum absolute atomic E-state index is 11.8. The number of hydrogen-bond acceptors (Lipinski definition) is 4. The summed E-state index contributed by atoms with van der Waals surface area (Å²) in [6.07, 6.45) is 2.72. The maximum Gasteiger partial charge on any atom is 0.211 e. The summed E-state index contributed by atoms with van der Waals surface area (Å²) < 4.78 is 31.6. The minimum atomic E-state index is -3.11. The highest BCUT2D eigenvalue weighted by Crippen LogP contribution is 2.19. The number of unbranched alkanes of at least 4 members (excludes halogenated alkanes) is 1. The summed E-state index contributed by atoms with van der Waals surface area (Å²) in [6, 6.07) is 0. The molecule has 0 aromatic carbocycles. The van der Waals surface area contributed by atoms with E-state index in [1.165, 1.54) is 0 Å². The van der Waals surface area contributed by atoms with Gasteiger partial charge in [-0.1, -0.05) is 6.92 Å². The molecule has 1 saturated heterocycles. The van der Waals surface area contributed by atoms with Gasteiger partial charge in [0.05, 0.1) is 11.9 Å². The van der Waals surface area contributed by atoms with Crippen molar-refractivity contribution in [1.82, 2.24) is 10.0 Å². The molecule has 0 aliphatic carbocycles. The molecule has 0 radical (unpaired) electrons. The first-order valence-electron chi connectivity index (χ1n) is 6.85. The minimum absolute atomic E-state index is 0.168. The van der Waals surface area contributed by atoms with Crippen LogP contribution in [0.1, 0.15) is 33.1 Å². The third-order valence-corrected chi connectivity index (χ3v) is 4.80. The van der Waals surface area contributed by atoms with Crippen molar-refractivity contribution < 1.29 is 13.2 Å². The van der Waals surface area contributed by atoms with Crippen LogP contribution in [0.15, 0.2) is 0 Å². The van der Waals surface area contributed by atoms with Gasteiger partial charge in [-0.25, -0.2) is 13.1 Å². The molecular weight excluding hydrogens is 252 g/mol. The second kappa shape index (κ2) is 8.09. The number of ether oxygens (including phenoxy) is 1. The fourth-order valence-electron chi connectivity index (χ4n) is 2.07. The van der Waals surface area contributed by atoms with Crippen LogP contribution in [0.3, 0.4) is 0 Å². The van der Waals surface area contributed by atoms with Crippen LogP contribution in [-0.4, -0.2) is 46.5 Å². The second-order valence-corrected chi connectivity index (χ2v) is 6.78. The Bertz CT molecular complexity index is 319. The van der Waals surface area contributed by atoms with Crippen molar-refractivity contribution in [3.05, 3.63) is 0 Å². The largest absolute Gasteiger partial charge is 0.378 e. The molecule has 0 saturated carbocycles. The minimum Gasteiger partial charge on any atom is -0.378 e. The van der Waals surface area contributed by atoms with Crippen molar-refractivity contribution in [1.29, 1.82) is 0 Å². The number of sulfonamides is 1. The normalized spacial score (nSPS) is 24.6. The van der Waals surface area contributed by atoms with E-state index >= 15 is 0 Å². The summed E-state index contributed by atoms with van der Waals surface area (Å²) in [4.78, 5) is 0. The smallest absolute Gasteiger partial charge is 0.211 e. The van der Waals surface area contributed by atoms with Gasteiger partial charge in [0.2, 0.25) is 10.0 Å². The molecule has 2 N–H and O–H groups in total. The quantitative estimate of drug-likeness (QED) is 0.610. The molecule has 6 heteroatoms. The Labute approximate surface area is 111 Å². The van der Waals surface area contributed by atoms with Gasteiger partial charge in [0.25, 0.3) is 0 Å². The molecule has 2 atom stereocenters. The Balaban J connectivity index is 2.15. The van der Waals surface area contributed by atoms with E-state index in [0.29, 0.717) is 18.9 Å². The summed E-state index contributed by atoms with van der Waals surface area (Å²) in [7, 11) is -3.11. The van der Waals surface area contributed by atoms with Gasteiger partial charge in [-0.2, -0.15) is 0 Å². The molecule has 5 nitrogen and oxygen atoms in total. The standard InChI is InChI=1S/C12H26N2O3S/c1-3-13-7-4-5-9-18(15,16)14-10-12-6-8-17-11(12)2/h11-14H,3-10H2,1-2H3. The molecule has 1 fully saturated rings. The van der Waals surface area contributed by atoms with Crippen LogP contribution in [0, 0.1) is 5.92 Å². The van der Waals surface area contributed by atoms with Crippen molar-refractivity contribution in [3.63, 3.8) is 0 Å². The van der Waals surface area contributed by atoms with E-state index < -0.39 is 10.0 Å². The average molecular weight is 278 g/mol. The Morgan fingerprint density at radius 3 is 2.72 bits per heavy atom. The van der Waals surface area contributed by atoms with Crippen LogP contribution in [0.2, 0.25) is 0 Å². The first-order chi connectivity index (χ1) is 8.55. The van der Waals surface area contributed by atoms with Gasteiger partial charge in [0, 0.05) is 19.1 Å². The predicted molar refractivity (Wildman–Crippen MR) is 73.1 cm³/mol. The van der Waals surface area contributed by atoms with Crippen molar-refractivity contribution in [3.8, 4) is 0 Å². The fraction of sp³-hybridized carbons (Fsp3) is 1.00. The third-order valence-electron chi connectivity index (χ3n) is 3.37. The van der Waals surface area contributed by atoms with Gasteiger partial charge in [-0.3, -0.25) is 0 Å². The molecule has 0 spiro atoms. The van der Waals surface area contributed by atoms with Crippen LogP contribution in [0.4, 0.5) is 0 Å². The van der Waals surface area contributed by atoms with E-state index in [-0.39, 0.29) is 11.9 Å². The molecule has 1 aliphatic rings. The van der Waals surface area contributed by atoms with Crippen LogP contribution < -0.4 is 10.0 Å². The molecule has 108 valence electrons. The van der Waals surface area contributed by atoms with Gasteiger partial charge >= 0.3 is 0 Å². The van der Waals surface area contributed by atoms with Gasteiger partial charge in [0.1, 0.15) is 0 Å². The van der Waals surface area contributed by atoms with Crippen molar-refractivity contribution in [2.75, 3.05) is 32.0 Å². The zero-order valence-electron chi connectivity index (χ0n) is 11.4. The lowest BCUT2D eigenvalue weighted by atomic mass is 10.0. The van der Waals surface area contributed by atoms with Crippen molar-refractivity contribution in [2.45, 2.75) is 39.2 Å². The topological polar surface area (TPSA) is 67.4 Å². The van der Waals surface area contributed by atoms with E-state index in [1.807, 2.05) is 13.8 Å². The van der Waals surface area contributed by atoms with Gasteiger partial charge in [-0.05, 0) is 39.3 Å². The van der Waals surface area contributed by atoms with E-state index in [2.05, 4.69) is 10.0 Å². The summed E-state index contributed by atoms with van der Waals surface area (Å²) >= 11 is 0. The lowest BCUT2D eigenvalue weighted by Gasteiger charge is -2.14. The first-order valence-corrected chi connectivity index (χ1v) is 8.50. The highest BCUT2D eigenvalue weighted by molar-refractivity contribution is 7.89. The molecule has 0 aromatic rings. The van der Waals surface area contributed by atoms with Crippen LogP contribution >= 0.6 is 0 Å². The molecular formula is C12H26N2O3S. The molecule has 1 heterocycles. The van der Waals surface area contributed by atoms with Gasteiger partial charge in [0.15, 0.2) is 0 Å². The van der Waals surface area contributed by atoms with Crippen molar-refractivity contribution >= 4 is 10.0 Å². The van der Waals surface area contributed by atoms with E-state index in [4.69, 9.17) is 4.74 Å². The average Bonchev–Trinajstić information content (AvgIpc) is 2.72. The Kier molecular flexibility index (Phi) is 7.14. The van der Waals surface area contributed by atoms with Crippen LogP contribution in [0.5, 0.6) is 0 Å². The molecule has 0 aromatic heterocycles. The highest BCUT2D eigenvalue weighted by atomic mass is 32.2. The molecule has 1 aliphatic heterocycles. The van der Waals surface area contributed by atoms with Crippen LogP contribution in [0.25, 0.3) is 0 Å². The van der Waals surface area contributed by atoms with Crippen molar-refractivity contribution in [2.24, 2.45) is 5.92 Å². The second-order valence-electron chi connectivity index (χ2n) is 4.85. The summed E-state index contributed by atoms with van der Waals surface area (Å²) in [5, 5.41) is 3.19. The monoisotopic (exact) mass is 278 g/mol. The zero-order chi connectivity index (χ0) is 13.4. The van der Waals surface area contributed by atoms with E-state index in [0.717, 1.165) is 32.5 Å². The van der Waals surface area contributed by atoms with Gasteiger partial charge in [-0.15, -0.1) is 0 Å². The Hall–Kier alpha value is -0.170. The number of rotatable bonds is 9.